The van der Waals surface area contributed by atoms with Gasteiger partial charge in [-0.3, -0.25) is 0 Å². The second kappa shape index (κ2) is 7.61. The fourth-order valence-corrected chi connectivity index (χ4v) is 3.60. The van der Waals surface area contributed by atoms with Crippen molar-refractivity contribution >= 4 is 0 Å². The van der Waals surface area contributed by atoms with Crippen LogP contribution in [0.25, 0.3) is 0 Å². The Morgan fingerprint density at radius 1 is 1.32 bits per heavy atom. The lowest BCUT2D eigenvalue weighted by atomic mass is 9.85. The Labute approximate surface area is 119 Å². The van der Waals surface area contributed by atoms with E-state index in [2.05, 4.69) is 31.0 Å². The van der Waals surface area contributed by atoms with E-state index in [1.165, 1.54) is 51.7 Å². The van der Waals surface area contributed by atoms with Gasteiger partial charge in [0.1, 0.15) is 0 Å². The van der Waals surface area contributed by atoms with Gasteiger partial charge in [0.25, 0.3) is 0 Å². The molecule has 112 valence electrons. The second-order valence-corrected chi connectivity index (χ2v) is 6.40. The molecule has 19 heavy (non-hydrogen) atoms. The lowest BCUT2D eigenvalue weighted by Crippen LogP contribution is -2.53. The summed E-state index contributed by atoms with van der Waals surface area (Å²) in [6.07, 6.45) is 7.01. The summed E-state index contributed by atoms with van der Waals surface area (Å²) in [5, 5.41) is 3.83. The molecule has 0 aromatic heterocycles. The molecular formula is C16H32N2O. The number of rotatable bonds is 7. The van der Waals surface area contributed by atoms with E-state index in [-0.39, 0.29) is 0 Å². The average molecular weight is 268 g/mol. The first-order valence-electron chi connectivity index (χ1n) is 8.32. The monoisotopic (exact) mass is 268 g/mol. The topological polar surface area (TPSA) is 24.5 Å². The van der Waals surface area contributed by atoms with Gasteiger partial charge in [0.05, 0.1) is 6.10 Å². The quantitative estimate of drug-likeness (QED) is 0.768. The maximum Gasteiger partial charge on any atom is 0.0604 e. The van der Waals surface area contributed by atoms with Gasteiger partial charge in [-0.1, -0.05) is 6.92 Å². The van der Waals surface area contributed by atoms with Crippen LogP contribution in [0.4, 0.5) is 0 Å². The van der Waals surface area contributed by atoms with Crippen LogP contribution in [0.3, 0.4) is 0 Å². The number of nitrogens with one attached hydrogen (secondary N) is 1. The van der Waals surface area contributed by atoms with Gasteiger partial charge < -0.3 is 15.0 Å². The Morgan fingerprint density at radius 2 is 2.11 bits per heavy atom. The SMILES string of the molecule is CCCN1CCCC(C(C)NC2CC(OCC)C2)C1. The van der Waals surface area contributed by atoms with Crippen LogP contribution in [0.5, 0.6) is 0 Å². The van der Waals surface area contributed by atoms with Crippen LogP contribution in [0.2, 0.25) is 0 Å². The van der Waals surface area contributed by atoms with E-state index in [1.807, 2.05) is 0 Å². The zero-order valence-corrected chi connectivity index (χ0v) is 13.0. The fourth-order valence-electron chi connectivity index (χ4n) is 3.60. The smallest absolute Gasteiger partial charge is 0.0604 e. The summed E-state index contributed by atoms with van der Waals surface area (Å²) < 4.78 is 5.64. The lowest BCUT2D eigenvalue weighted by Gasteiger charge is -2.41. The zero-order valence-electron chi connectivity index (χ0n) is 13.0. The van der Waals surface area contributed by atoms with E-state index in [4.69, 9.17) is 4.74 Å². The molecule has 1 N–H and O–H groups in total. The van der Waals surface area contributed by atoms with Crippen molar-refractivity contribution in [2.45, 2.75) is 71.1 Å². The van der Waals surface area contributed by atoms with Crippen LogP contribution in [0.1, 0.15) is 52.9 Å². The molecule has 2 aliphatic rings. The van der Waals surface area contributed by atoms with Gasteiger partial charge in [0, 0.05) is 25.2 Å². The van der Waals surface area contributed by atoms with E-state index in [9.17, 15) is 0 Å². The molecule has 0 radical (unpaired) electrons. The van der Waals surface area contributed by atoms with Crippen molar-refractivity contribution in [3.05, 3.63) is 0 Å². The molecule has 0 aromatic carbocycles. The molecule has 2 atom stereocenters. The molecule has 1 saturated heterocycles. The molecule has 2 unspecified atom stereocenters. The van der Waals surface area contributed by atoms with E-state index in [1.54, 1.807) is 0 Å². The van der Waals surface area contributed by atoms with Gasteiger partial charge in [-0.2, -0.15) is 0 Å². The highest BCUT2D eigenvalue weighted by molar-refractivity contribution is 4.90. The number of ether oxygens (including phenoxy) is 1. The summed E-state index contributed by atoms with van der Waals surface area (Å²) in [5.41, 5.74) is 0. The standard InChI is InChI=1S/C16H32N2O/c1-4-8-18-9-6-7-14(12-18)13(3)17-15-10-16(11-15)19-5-2/h13-17H,4-12H2,1-3H3. The lowest BCUT2D eigenvalue weighted by molar-refractivity contribution is -0.0148. The molecular weight excluding hydrogens is 236 g/mol. The van der Waals surface area contributed by atoms with Gasteiger partial charge in [0.15, 0.2) is 0 Å². The number of piperidine rings is 1. The minimum atomic E-state index is 0.526. The highest BCUT2D eigenvalue weighted by Crippen LogP contribution is 2.26. The van der Waals surface area contributed by atoms with Crippen molar-refractivity contribution in [2.75, 3.05) is 26.2 Å². The Morgan fingerprint density at radius 3 is 2.79 bits per heavy atom. The maximum absolute atomic E-state index is 5.64. The molecule has 2 rings (SSSR count). The molecule has 3 nitrogen and oxygen atoms in total. The number of nitrogens with zero attached hydrogens (tertiary/aromatic N) is 1. The van der Waals surface area contributed by atoms with Crippen LogP contribution in [0, 0.1) is 5.92 Å². The number of hydrogen-bond acceptors (Lipinski definition) is 3. The molecule has 0 spiro atoms. The first-order chi connectivity index (χ1) is 9.22. The molecule has 0 aromatic rings. The fraction of sp³-hybridized carbons (Fsp3) is 1.00. The Balaban J connectivity index is 1.67. The highest BCUT2D eigenvalue weighted by Gasteiger charge is 2.32. The molecule has 3 heteroatoms. The van der Waals surface area contributed by atoms with Crippen LogP contribution < -0.4 is 5.32 Å². The average Bonchev–Trinajstić information content (AvgIpc) is 2.37. The maximum atomic E-state index is 5.64. The third-order valence-electron chi connectivity index (χ3n) is 4.78. The summed E-state index contributed by atoms with van der Waals surface area (Å²) in [6.45, 7) is 11.5. The van der Waals surface area contributed by atoms with Crippen molar-refractivity contribution in [1.29, 1.82) is 0 Å². The molecule has 1 saturated carbocycles. The van der Waals surface area contributed by atoms with E-state index in [0.717, 1.165) is 12.5 Å². The third kappa shape index (κ3) is 4.44. The summed E-state index contributed by atoms with van der Waals surface area (Å²) in [6, 6.07) is 1.36. The van der Waals surface area contributed by atoms with Gasteiger partial charge in [-0.05, 0) is 65.0 Å². The predicted octanol–water partition coefficient (Wildman–Crippen LogP) is 2.65. The van der Waals surface area contributed by atoms with Gasteiger partial charge in [-0.15, -0.1) is 0 Å². The van der Waals surface area contributed by atoms with Crippen LogP contribution in [0.15, 0.2) is 0 Å². The normalized spacial score (nSPS) is 33.9. The first-order valence-corrected chi connectivity index (χ1v) is 8.32. The first kappa shape index (κ1) is 15.3. The molecule has 0 bridgehead atoms. The summed E-state index contributed by atoms with van der Waals surface area (Å²) in [7, 11) is 0. The predicted molar refractivity (Wildman–Crippen MR) is 80.5 cm³/mol. The van der Waals surface area contributed by atoms with E-state index >= 15 is 0 Å². The molecule has 1 aliphatic carbocycles. The molecule has 1 heterocycles. The second-order valence-electron chi connectivity index (χ2n) is 6.40. The molecule has 2 fully saturated rings. The van der Waals surface area contributed by atoms with Crippen molar-refractivity contribution in [1.82, 2.24) is 10.2 Å². The Hall–Kier alpha value is -0.120. The van der Waals surface area contributed by atoms with E-state index in [0.29, 0.717) is 18.2 Å². The minimum absolute atomic E-state index is 0.526. The third-order valence-corrected chi connectivity index (χ3v) is 4.78. The number of likely N-dealkylation sites (tertiary alicyclic amines) is 1. The minimum Gasteiger partial charge on any atom is -0.378 e. The van der Waals surface area contributed by atoms with Crippen LogP contribution >= 0.6 is 0 Å². The number of hydrogen-bond donors (Lipinski definition) is 1. The molecule has 0 amide bonds. The summed E-state index contributed by atoms with van der Waals surface area (Å²) in [5.74, 6) is 0.839. The van der Waals surface area contributed by atoms with Crippen molar-refractivity contribution in [2.24, 2.45) is 5.92 Å². The highest BCUT2D eigenvalue weighted by atomic mass is 16.5. The van der Waals surface area contributed by atoms with Crippen molar-refractivity contribution in [3.8, 4) is 0 Å². The Kier molecular flexibility index (Phi) is 6.11. The van der Waals surface area contributed by atoms with Crippen molar-refractivity contribution < 1.29 is 4.74 Å². The molecule has 1 aliphatic heterocycles. The zero-order chi connectivity index (χ0) is 13.7. The van der Waals surface area contributed by atoms with Gasteiger partial charge in [0.2, 0.25) is 0 Å². The van der Waals surface area contributed by atoms with Crippen LogP contribution in [-0.4, -0.2) is 49.3 Å². The summed E-state index contributed by atoms with van der Waals surface area (Å²) in [4.78, 5) is 2.65. The van der Waals surface area contributed by atoms with E-state index < -0.39 is 0 Å². The van der Waals surface area contributed by atoms with Gasteiger partial charge in [-0.25, -0.2) is 0 Å². The van der Waals surface area contributed by atoms with Gasteiger partial charge >= 0.3 is 0 Å². The Bertz CT molecular complexity index is 251. The van der Waals surface area contributed by atoms with Crippen molar-refractivity contribution in [3.63, 3.8) is 0 Å². The van der Waals surface area contributed by atoms with Crippen LogP contribution in [-0.2, 0) is 4.74 Å². The summed E-state index contributed by atoms with van der Waals surface area (Å²) >= 11 is 0. The largest absolute Gasteiger partial charge is 0.378 e.